The molecule has 1 saturated heterocycles. The molecule has 0 saturated carbocycles. The first-order valence-corrected chi connectivity index (χ1v) is 11.6. The molecule has 1 aliphatic carbocycles. The molecule has 33 heavy (non-hydrogen) atoms. The molecule has 0 atom stereocenters. The summed E-state index contributed by atoms with van der Waals surface area (Å²) in [5.74, 6) is 0.0229. The number of benzene rings is 2. The van der Waals surface area contributed by atoms with Crippen molar-refractivity contribution in [1.29, 1.82) is 0 Å². The number of hydrogen-bond acceptors (Lipinski definition) is 6. The van der Waals surface area contributed by atoms with E-state index in [2.05, 4.69) is 29.7 Å². The van der Waals surface area contributed by atoms with E-state index in [1.165, 1.54) is 22.3 Å². The molecule has 0 spiro atoms. The highest BCUT2D eigenvalue weighted by Gasteiger charge is 2.31. The van der Waals surface area contributed by atoms with Gasteiger partial charge in [-0.1, -0.05) is 67.0 Å². The lowest BCUT2D eigenvalue weighted by Crippen LogP contribution is -2.52. The van der Waals surface area contributed by atoms with E-state index < -0.39 is 6.09 Å². The van der Waals surface area contributed by atoms with E-state index in [1.54, 1.807) is 4.90 Å². The molecule has 1 aliphatic heterocycles. The molecule has 2 aliphatic rings. The summed E-state index contributed by atoms with van der Waals surface area (Å²) in [5.41, 5.74) is 7.07. The molecule has 0 bridgehead atoms. The molecule has 2 amide bonds. The lowest BCUT2D eigenvalue weighted by atomic mass is 9.98. The first-order chi connectivity index (χ1) is 16.1. The number of carbonyl (C=O) groups is 2. The Labute approximate surface area is 194 Å². The third-order valence-electron chi connectivity index (χ3n) is 6.34. The van der Waals surface area contributed by atoms with Gasteiger partial charge in [0.1, 0.15) is 6.61 Å². The topological polar surface area (TPSA) is 91.3 Å². The fourth-order valence-corrected chi connectivity index (χ4v) is 4.50. The van der Waals surface area contributed by atoms with Crippen LogP contribution in [0.4, 0.5) is 9.59 Å². The number of unbranched alkanes of at least 4 members (excludes halogenated alkanes) is 1. The number of ether oxygens (including phenoxy) is 2. The number of nitrogens with zero attached hydrogens (tertiary/aromatic N) is 2. The molecular weight excluding hydrogens is 422 g/mol. The van der Waals surface area contributed by atoms with Gasteiger partial charge in [0.15, 0.2) is 0 Å². The number of rotatable bonds is 7. The van der Waals surface area contributed by atoms with Crippen LogP contribution in [0.15, 0.2) is 48.5 Å². The largest absolute Gasteiger partial charge is 0.449 e. The van der Waals surface area contributed by atoms with Gasteiger partial charge in [0.2, 0.25) is 0 Å². The van der Waals surface area contributed by atoms with E-state index in [-0.39, 0.29) is 24.7 Å². The third kappa shape index (κ3) is 5.29. The Morgan fingerprint density at radius 2 is 1.64 bits per heavy atom. The van der Waals surface area contributed by atoms with Gasteiger partial charge in [-0.05, 0) is 41.5 Å². The first kappa shape index (κ1) is 23.1. The van der Waals surface area contributed by atoms with Gasteiger partial charge in [0, 0.05) is 19.0 Å². The zero-order valence-corrected chi connectivity index (χ0v) is 18.9. The van der Waals surface area contributed by atoms with Crippen molar-refractivity contribution >= 4 is 12.2 Å². The van der Waals surface area contributed by atoms with Crippen molar-refractivity contribution in [3.05, 3.63) is 59.7 Å². The number of carbonyl (C=O) groups excluding carboxylic acids is 2. The van der Waals surface area contributed by atoms with Gasteiger partial charge in [-0.25, -0.2) is 15.0 Å². The number of piperidine rings is 1. The minimum atomic E-state index is -0.676. The van der Waals surface area contributed by atoms with E-state index in [4.69, 9.17) is 9.47 Å². The Morgan fingerprint density at radius 1 is 1.03 bits per heavy atom. The average molecular weight is 454 g/mol. The maximum atomic E-state index is 12.7. The summed E-state index contributed by atoms with van der Waals surface area (Å²) >= 11 is 0. The van der Waals surface area contributed by atoms with Crippen LogP contribution in [0.1, 0.15) is 49.7 Å². The molecule has 2 aromatic rings. The van der Waals surface area contributed by atoms with Gasteiger partial charge in [-0.15, -0.1) is 0 Å². The fraction of sp³-hybridized carbons (Fsp3) is 0.440. The number of hydrazine groups is 1. The van der Waals surface area contributed by atoms with Crippen LogP contribution in [0.3, 0.4) is 0 Å². The molecule has 176 valence electrons. The predicted molar refractivity (Wildman–Crippen MR) is 123 cm³/mol. The van der Waals surface area contributed by atoms with E-state index in [0.29, 0.717) is 32.5 Å². The van der Waals surface area contributed by atoms with Crippen molar-refractivity contribution in [2.75, 3.05) is 26.3 Å². The highest BCUT2D eigenvalue weighted by atomic mass is 16.6. The summed E-state index contributed by atoms with van der Waals surface area (Å²) in [4.78, 5) is 26.1. The quantitative estimate of drug-likeness (QED) is 0.473. The van der Waals surface area contributed by atoms with E-state index in [0.717, 1.165) is 18.0 Å². The Bertz CT molecular complexity index is 929. The van der Waals surface area contributed by atoms with Crippen LogP contribution >= 0.6 is 0 Å². The molecular formula is C25H31N3O5. The molecule has 0 radical (unpaired) electrons. The zero-order valence-electron chi connectivity index (χ0n) is 18.9. The molecule has 4 rings (SSSR count). The third-order valence-corrected chi connectivity index (χ3v) is 6.34. The summed E-state index contributed by atoms with van der Waals surface area (Å²) < 4.78 is 10.7. The highest BCUT2D eigenvalue weighted by molar-refractivity contribution is 5.79. The van der Waals surface area contributed by atoms with Crippen molar-refractivity contribution < 1.29 is 24.3 Å². The number of amides is 2. The second-order valence-electron chi connectivity index (χ2n) is 8.47. The van der Waals surface area contributed by atoms with Crippen LogP contribution in [-0.4, -0.2) is 59.8 Å². The zero-order chi connectivity index (χ0) is 23.2. The molecule has 8 heteroatoms. The number of hydroxylamine groups is 1. The molecule has 2 aromatic carbocycles. The summed E-state index contributed by atoms with van der Waals surface area (Å²) in [7, 11) is 0. The Morgan fingerprint density at radius 3 is 2.24 bits per heavy atom. The van der Waals surface area contributed by atoms with Crippen LogP contribution < -0.4 is 5.43 Å². The summed E-state index contributed by atoms with van der Waals surface area (Å²) in [6, 6.07) is 16.2. The lowest BCUT2D eigenvalue weighted by Gasteiger charge is -2.34. The number of likely N-dealkylation sites (tertiary alicyclic amines) is 1. The monoisotopic (exact) mass is 453 g/mol. The molecule has 1 fully saturated rings. The number of hydrogen-bond donors (Lipinski definition) is 2. The summed E-state index contributed by atoms with van der Waals surface area (Å²) in [6.07, 6.45) is 1.69. The minimum Gasteiger partial charge on any atom is -0.449 e. The van der Waals surface area contributed by atoms with Gasteiger partial charge in [-0.3, -0.25) is 5.21 Å². The van der Waals surface area contributed by atoms with Crippen LogP contribution in [0, 0.1) is 0 Å². The Balaban J connectivity index is 1.26. The minimum absolute atomic E-state index is 0.0229. The highest BCUT2D eigenvalue weighted by Crippen LogP contribution is 2.44. The SMILES string of the molecule is CCCCOC(=O)NN(O)C1CCN(C(=O)OCC2c3ccccc3-c3ccccc32)CC1. The number of fused-ring (bicyclic) bond motifs is 3. The van der Waals surface area contributed by atoms with Crippen LogP contribution in [0.5, 0.6) is 0 Å². The smallest absolute Gasteiger partial charge is 0.423 e. The van der Waals surface area contributed by atoms with Gasteiger partial charge < -0.3 is 14.4 Å². The molecule has 2 N–H and O–H groups in total. The average Bonchev–Trinajstić information content (AvgIpc) is 3.16. The molecule has 0 aromatic heterocycles. The maximum Gasteiger partial charge on any atom is 0.423 e. The Hall–Kier alpha value is -3.10. The maximum absolute atomic E-state index is 12.7. The fourth-order valence-electron chi connectivity index (χ4n) is 4.50. The van der Waals surface area contributed by atoms with Crippen molar-refractivity contribution in [1.82, 2.24) is 15.5 Å². The molecule has 8 nitrogen and oxygen atoms in total. The van der Waals surface area contributed by atoms with E-state index >= 15 is 0 Å². The van der Waals surface area contributed by atoms with Gasteiger partial charge in [0.25, 0.3) is 0 Å². The van der Waals surface area contributed by atoms with E-state index in [1.807, 2.05) is 31.2 Å². The van der Waals surface area contributed by atoms with Crippen LogP contribution in [0.2, 0.25) is 0 Å². The van der Waals surface area contributed by atoms with Gasteiger partial charge in [0.05, 0.1) is 12.6 Å². The summed E-state index contributed by atoms with van der Waals surface area (Å²) in [6.45, 7) is 3.47. The molecule has 1 heterocycles. The van der Waals surface area contributed by atoms with Crippen molar-refractivity contribution in [2.45, 2.75) is 44.6 Å². The van der Waals surface area contributed by atoms with Crippen molar-refractivity contribution in [3.63, 3.8) is 0 Å². The van der Waals surface area contributed by atoms with Crippen LogP contribution in [0.25, 0.3) is 11.1 Å². The second kappa shape index (κ2) is 10.7. The standard InChI is InChI=1S/C25H31N3O5/c1-2-3-16-32-24(29)26-28(31)18-12-14-27(15-13-18)25(30)33-17-23-21-10-6-4-8-19(21)20-9-5-7-11-22(20)23/h4-11,18,23,31H,2-3,12-17H2,1H3,(H,26,29). The number of nitrogens with one attached hydrogen (secondary N) is 1. The van der Waals surface area contributed by atoms with E-state index in [9.17, 15) is 14.8 Å². The second-order valence-corrected chi connectivity index (χ2v) is 8.47. The first-order valence-electron chi connectivity index (χ1n) is 11.6. The van der Waals surface area contributed by atoms with Gasteiger partial charge >= 0.3 is 12.2 Å². The van der Waals surface area contributed by atoms with Crippen LogP contribution in [-0.2, 0) is 9.47 Å². The molecule has 0 unspecified atom stereocenters. The van der Waals surface area contributed by atoms with Gasteiger partial charge in [-0.2, -0.15) is 0 Å². The lowest BCUT2D eigenvalue weighted by molar-refractivity contribution is -0.171. The summed E-state index contributed by atoms with van der Waals surface area (Å²) in [5, 5.41) is 10.9. The van der Waals surface area contributed by atoms with Crippen molar-refractivity contribution in [2.24, 2.45) is 0 Å². The normalized spacial score (nSPS) is 15.8. The van der Waals surface area contributed by atoms with Crippen molar-refractivity contribution in [3.8, 4) is 11.1 Å². The Kier molecular flexibility index (Phi) is 7.47. The predicted octanol–water partition coefficient (Wildman–Crippen LogP) is 4.53.